The third-order valence-corrected chi connectivity index (χ3v) is 3.28. The lowest BCUT2D eigenvalue weighted by atomic mass is 9.91. The number of hydrogen-bond acceptors (Lipinski definition) is 4. The lowest BCUT2D eigenvalue weighted by Gasteiger charge is -2.32. The van der Waals surface area contributed by atoms with Crippen LogP contribution in [0.3, 0.4) is 0 Å². The van der Waals surface area contributed by atoms with E-state index in [4.69, 9.17) is 16.7 Å². The summed E-state index contributed by atoms with van der Waals surface area (Å²) < 4.78 is 12.7. The summed E-state index contributed by atoms with van der Waals surface area (Å²) in [5.74, 6) is -1.22. The van der Waals surface area contributed by atoms with Crippen molar-refractivity contribution in [2.75, 3.05) is 6.54 Å². The zero-order valence-electron chi connectivity index (χ0n) is 8.86. The van der Waals surface area contributed by atoms with Crippen LogP contribution in [0.2, 0.25) is 0 Å². The van der Waals surface area contributed by atoms with Gasteiger partial charge in [-0.2, -0.15) is 0 Å². The van der Waals surface area contributed by atoms with Gasteiger partial charge in [-0.1, -0.05) is 0 Å². The normalized spacial score (nSPS) is 28.9. The molecule has 2 atom stereocenters. The number of nitrogens with one attached hydrogen (secondary N) is 1. The first-order valence-corrected chi connectivity index (χ1v) is 5.52. The van der Waals surface area contributed by atoms with Gasteiger partial charge >= 0.3 is 5.97 Å². The van der Waals surface area contributed by atoms with Crippen molar-refractivity contribution in [1.82, 2.24) is 15.3 Å². The molecule has 1 aliphatic heterocycles. The summed E-state index contributed by atoms with van der Waals surface area (Å²) in [6.45, 7) is 0.460. The van der Waals surface area contributed by atoms with E-state index in [1.54, 1.807) is 0 Å². The van der Waals surface area contributed by atoms with E-state index < -0.39 is 16.7 Å². The van der Waals surface area contributed by atoms with Crippen molar-refractivity contribution in [3.05, 3.63) is 24.0 Å². The molecule has 5 nitrogen and oxygen atoms in total. The fraction of sp³-hybridized carbons (Fsp3) is 0.500. The van der Waals surface area contributed by atoms with Crippen molar-refractivity contribution in [1.29, 1.82) is 0 Å². The summed E-state index contributed by atoms with van der Waals surface area (Å²) >= 11 is 6.02. The van der Waals surface area contributed by atoms with Gasteiger partial charge in [0, 0.05) is 0 Å². The van der Waals surface area contributed by atoms with Crippen LogP contribution in [-0.4, -0.2) is 32.5 Å². The molecule has 2 N–H and O–H groups in total. The Balaban J connectivity index is 2.17. The van der Waals surface area contributed by atoms with Crippen molar-refractivity contribution in [2.45, 2.75) is 23.8 Å². The van der Waals surface area contributed by atoms with E-state index in [1.165, 1.54) is 0 Å². The Hall–Kier alpha value is -1.27. The van der Waals surface area contributed by atoms with Crippen molar-refractivity contribution in [3.63, 3.8) is 0 Å². The molecular formula is C10H11ClFN3O2. The Morgan fingerprint density at radius 1 is 1.59 bits per heavy atom. The number of nitrogens with zero attached hydrogens (tertiary/aromatic N) is 2. The molecule has 1 aromatic heterocycles. The van der Waals surface area contributed by atoms with Gasteiger partial charge in [-0.25, -0.2) is 14.4 Å². The number of piperidine rings is 1. The number of aromatic nitrogens is 2. The molecule has 2 rings (SSSR count). The maximum atomic E-state index is 12.7. The fourth-order valence-electron chi connectivity index (χ4n) is 1.82. The number of carbonyl (C=O) groups is 1. The standard InChI is InChI=1S/C10H11ClFN3O2/c11-10(9(16)17)1-2-13-7(3-10)8-14-4-6(12)5-15-8/h4-5,7,13H,1-3H2,(H,16,17). The van der Waals surface area contributed by atoms with Gasteiger partial charge in [-0.3, -0.25) is 4.79 Å². The number of aliphatic carboxylic acids is 1. The van der Waals surface area contributed by atoms with E-state index >= 15 is 0 Å². The minimum atomic E-state index is -1.30. The first-order valence-electron chi connectivity index (χ1n) is 5.14. The Kier molecular flexibility index (Phi) is 3.26. The van der Waals surface area contributed by atoms with Gasteiger partial charge in [0.15, 0.2) is 5.82 Å². The molecule has 2 unspecified atom stereocenters. The molecule has 0 spiro atoms. The molecule has 7 heteroatoms. The minimum absolute atomic E-state index is 0.176. The molecule has 0 bridgehead atoms. The monoisotopic (exact) mass is 259 g/mol. The largest absolute Gasteiger partial charge is 0.480 e. The highest BCUT2D eigenvalue weighted by molar-refractivity contribution is 6.33. The number of rotatable bonds is 2. The van der Waals surface area contributed by atoms with Gasteiger partial charge < -0.3 is 10.4 Å². The second-order valence-corrected chi connectivity index (χ2v) is 4.71. The van der Waals surface area contributed by atoms with Crippen molar-refractivity contribution < 1.29 is 14.3 Å². The number of alkyl halides is 1. The van der Waals surface area contributed by atoms with Crippen LogP contribution in [0.1, 0.15) is 24.7 Å². The van der Waals surface area contributed by atoms with E-state index in [1.807, 2.05) is 0 Å². The fourth-order valence-corrected chi connectivity index (χ4v) is 2.07. The lowest BCUT2D eigenvalue weighted by Crippen LogP contribution is -2.45. The zero-order chi connectivity index (χ0) is 12.5. The third kappa shape index (κ3) is 2.53. The number of carboxylic acids is 1. The summed E-state index contributed by atoms with van der Waals surface area (Å²) in [6.07, 6.45) is 2.61. The molecule has 1 fully saturated rings. The van der Waals surface area contributed by atoms with E-state index in [2.05, 4.69) is 15.3 Å². The van der Waals surface area contributed by atoms with E-state index in [9.17, 15) is 9.18 Å². The van der Waals surface area contributed by atoms with Gasteiger partial charge in [0.25, 0.3) is 0 Å². The maximum Gasteiger partial charge on any atom is 0.324 e. The second-order valence-electron chi connectivity index (χ2n) is 3.99. The summed E-state index contributed by atoms with van der Waals surface area (Å²) in [5.41, 5.74) is 0. The first kappa shape index (κ1) is 12.2. The van der Waals surface area contributed by atoms with Crippen LogP contribution < -0.4 is 5.32 Å². The molecule has 1 saturated heterocycles. The van der Waals surface area contributed by atoms with Crippen LogP contribution in [-0.2, 0) is 4.79 Å². The van der Waals surface area contributed by atoms with Gasteiger partial charge in [-0.05, 0) is 19.4 Å². The molecule has 17 heavy (non-hydrogen) atoms. The van der Waals surface area contributed by atoms with Gasteiger partial charge in [0.2, 0.25) is 0 Å². The minimum Gasteiger partial charge on any atom is -0.480 e. The van der Waals surface area contributed by atoms with Gasteiger partial charge in [0.05, 0.1) is 18.4 Å². The summed E-state index contributed by atoms with van der Waals surface area (Å²) in [7, 11) is 0. The first-order chi connectivity index (χ1) is 8.01. The Morgan fingerprint density at radius 2 is 2.24 bits per heavy atom. The Bertz CT molecular complexity index is 428. The number of carboxylic acid groups (broad SMARTS) is 1. The van der Waals surface area contributed by atoms with Crippen molar-refractivity contribution in [2.24, 2.45) is 0 Å². The molecule has 0 aromatic carbocycles. The maximum absolute atomic E-state index is 12.7. The smallest absolute Gasteiger partial charge is 0.324 e. The van der Waals surface area contributed by atoms with Crippen LogP contribution >= 0.6 is 11.6 Å². The highest BCUT2D eigenvalue weighted by Crippen LogP contribution is 2.34. The molecule has 0 amide bonds. The van der Waals surface area contributed by atoms with E-state index in [0.29, 0.717) is 18.8 Å². The van der Waals surface area contributed by atoms with Crippen LogP contribution in [0.5, 0.6) is 0 Å². The molecule has 0 aliphatic carbocycles. The van der Waals surface area contributed by atoms with Crippen molar-refractivity contribution in [3.8, 4) is 0 Å². The van der Waals surface area contributed by atoms with Crippen LogP contribution in [0.25, 0.3) is 0 Å². The van der Waals surface area contributed by atoms with Gasteiger partial charge in [-0.15, -0.1) is 11.6 Å². The molecular weight excluding hydrogens is 249 g/mol. The van der Waals surface area contributed by atoms with Crippen LogP contribution in [0.4, 0.5) is 4.39 Å². The summed E-state index contributed by atoms with van der Waals surface area (Å²) in [4.78, 5) is 17.4. The third-order valence-electron chi connectivity index (χ3n) is 2.77. The highest BCUT2D eigenvalue weighted by Gasteiger charge is 2.42. The lowest BCUT2D eigenvalue weighted by molar-refractivity contribution is -0.141. The highest BCUT2D eigenvalue weighted by atomic mass is 35.5. The zero-order valence-corrected chi connectivity index (χ0v) is 9.62. The van der Waals surface area contributed by atoms with E-state index in [0.717, 1.165) is 12.4 Å². The van der Waals surface area contributed by atoms with Crippen LogP contribution in [0, 0.1) is 5.82 Å². The van der Waals surface area contributed by atoms with Crippen molar-refractivity contribution >= 4 is 17.6 Å². The van der Waals surface area contributed by atoms with Gasteiger partial charge in [0.1, 0.15) is 10.7 Å². The number of halogens is 2. The molecule has 0 radical (unpaired) electrons. The SMILES string of the molecule is O=C(O)C1(Cl)CCNC(c2ncc(F)cn2)C1. The Labute approximate surface area is 102 Å². The summed E-state index contributed by atoms with van der Waals surface area (Å²) in [5, 5.41) is 12.1. The quantitative estimate of drug-likeness (QED) is 0.778. The molecule has 0 saturated carbocycles. The average molecular weight is 260 g/mol. The number of hydrogen-bond donors (Lipinski definition) is 2. The summed E-state index contributed by atoms with van der Waals surface area (Å²) in [6, 6.07) is -0.363. The molecule has 92 valence electrons. The molecule has 2 heterocycles. The van der Waals surface area contributed by atoms with Crippen LogP contribution in [0.15, 0.2) is 12.4 Å². The molecule has 1 aromatic rings. The second kappa shape index (κ2) is 4.54. The topological polar surface area (TPSA) is 75.1 Å². The predicted molar refractivity (Wildman–Crippen MR) is 58.2 cm³/mol. The predicted octanol–water partition coefficient (Wildman–Crippen LogP) is 1.10. The average Bonchev–Trinajstić information content (AvgIpc) is 2.30. The van der Waals surface area contributed by atoms with E-state index in [-0.39, 0.29) is 12.5 Å². The molecule has 1 aliphatic rings. The Morgan fingerprint density at radius 3 is 2.82 bits per heavy atom.